The molecular weight excluding hydrogens is 377 g/mol. The van der Waals surface area contributed by atoms with E-state index in [2.05, 4.69) is 22.2 Å². The summed E-state index contributed by atoms with van der Waals surface area (Å²) in [5, 5.41) is 6.07. The summed E-state index contributed by atoms with van der Waals surface area (Å²) in [6.45, 7) is 3.91. The second-order valence-electron chi connectivity index (χ2n) is 5.24. The quantitative estimate of drug-likeness (QED) is 0.721. The Hall–Kier alpha value is -2.57. The van der Waals surface area contributed by atoms with E-state index in [1.54, 1.807) is 30.3 Å². The Morgan fingerprint density at radius 1 is 1.15 bits per heavy atom. The van der Waals surface area contributed by atoms with Crippen LogP contribution in [0.15, 0.2) is 54.9 Å². The highest BCUT2D eigenvalue weighted by Gasteiger charge is 2.08. The lowest BCUT2D eigenvalue weighted by Gasteiger charge is -2.10. The Kier molecular flexibility index (Phi) is 7.44. The number of halogens is 2. The number of nitrogens with one attached hydrogen (secondary N) is 2. The topological polar surface area (TPSA) is 80.3 Å². The summed E-state index contributed by atoms with van der Waals surface area (Å²) in [4.78, 5) is 27.6. The molecule has 0 atom stereocenters. The van der Waals surface area contributed by atoms with Gasteiger partial charge >= 0.3 is 0 Å². The lowest BCUT2D eigenvalue weighted by Crippen LogP contribution is -2.31. The maximum atomic E-state index is 11.9. The maximum absolute atomic E-state index is 11.9. The number of rotatable bonds is 8. The minimum absolute atomic E-state index is 0.162. The largest absolute Gasteiger partial charge is 0.484 e. The molecule has 2 aromatic rings. The average Bonchev–Trinajstić information content (AvgIpc) is 2.63. The molecule has 26 heavy (non-hydrogen) atoms. The van der Waals surface area contributed by atoms with Crippen molar-refractivity contribution >= 4 is 35.0 Å². The predicted molar refractivity (Wildman–Crippen MR) is 100 cm³/mol. The van der Waals surface area contributed by atoms with Crippen LogP contribution < -0.4 is 15.4 Å². The smallest absolute Gasteiger partial charge is 0.273 e. The van der Waals surface area contributed by atoms with Crippen molar-refractivity contribution < 1.29 is 14.3 Å². The lowest BCUT2D eigenvalue weighted by atomic mass is 10.3. The second-order valence-corrected chi connectivity index (χ2v) is 6.05. The molecule has 0 spiro atoms. The highest BCUT2D eigenvalue weighted by Crippen LogP contribution is 2.26. The molecule has 1 aromatic heterocycles. The first-order chi connectivity index (χ1) is 12.5. The van der Waals surface area contributed by atoms with Gasteiger partial charge in [-0.05, 0) is 24.3 Å². The van der Waals surface area contributed by atoms with Crippen LogP contribution in [-0.4, -0.2) is 29.9 Å². The fourth-order valence-electron chi connectivity index (χ4n) is 1.90. The molecule has 0 aliphatic heterocycles. The van der Waals surface area contributed by atoms with Crippen molar-refractivity contribution in [1.29, 1.82) is 0 Å². The van der Waals surface area contributed by atoms with Gasteiger partial charge in [-0.15, -0.1) is 0 Å². The normalized spacial score (nSPS) is 10.1. The molecule has 0 saturated carbocycles. The maximum Gasteiger partial charge on any atom is 0.273 e. The Bertz CT molecular complexity index is 798. The number of carbonyl (C=O) groups excluding carboxylic acids is 2. The Labute approximate surface area is 161 Å². The molecule has 0 radical (unpaired) electrons. The third kappa shape index (κ3) is 6.38. The summed E-state index contributed by atoms with van der Waals surface area (Å²) in [7, 11) is 0. The zero-order chi connectivity index (χ0) is 18.9. The van der Waals surface area contributed by atoms with Crippen LogP contribution in [0.5, 0.6) is 5.75 Å². The number of nitrogens with zero attached hydrogens (tertiary/aromatic N) is 1. The van der Waals surface area contributed by atoms with Gasteiger partial charge in [0.25, 0.3) is 11.8 Å². The van der Waals surface area contributed by atoms with Gasteiger partial charge in [-0.25, -0.2) is 0 Å². The fourth-order valence-corrected chi connectivity index (χ4v) is 2.19. The van der Waals surface area contributed by atoms with Crippen LogP contribution >= 0.6 is 23.2 Å². The number of pyridine rings is 1. The van der Waals surface area contributed by atoms with E-state index in [0.717, 1.165) is 0 Å². The molecule has 1 heterocycles. The summed E-state index contributed by atoms with van der Waals surface area (Å²) in [5.74, 6) is -0.202. The monoisotopic (exact) mass is 393 g/mol. The van der Waals surface area contributed by atoms with E-state index in [0.29, 0.717) is 40.2 Å². The van der Waals surface area contributed by atoms with Gasteiger partial charge < -0.3 is 15.4 Å². The van der Waals surface area contributed by atoms with E-state index < -0.39 is 0 Å². The number of hydrogen-bond acceptors (Lipinski definition) is 4. The minimum atomic E-state index is -0.343. The van der Waals surface area contributed by atoms with Gasteiger partial charge in [0.15, 0.2) is 6.61 Å². The number of aromatic nitrogens is 1. The van der Waals surface area contributed by atoms with E-state index in [9.17, 15) is 9.59 Å². The summed E-state index contributed by atoms with van der Waals surface area (Å²) >= 11 is 11.7. The minimum Gasteiger partial charge on any atom is -0.484 e. The number of ether oxygens (including phenoxy) is 1. The third-order valence-electron chi connectivity index (χ3n) is 3.20. The average molecular weight is 394 g/mol. The van der Waals surface area contributed by atoms with Crippen LogP contribution in [0.3, 0.4) is 0 Å². The van der Waals surface area contributed by atoms with E-state index in [1.807, 2.05) is 0 Å². The first kappa shape index (κ1) is 19.8. The van der Waals surface area contributed by atoms with E-state index >= 15 is 0 Å². The van der Waals surface area contributed by atoms with Crippen LogP contribution in [-0.2, 0) is 4.79 Å². The van der Waals surface area contributed by atoms with Crippen molar-refractivity contribution in [2.75, 3.05) is 13.2 Å². The van der Waals surface area contributed by atoms with Crippen molar-refractivity contribution in [2.45, 2.75) is 6.42 Å². The van der Waals surface area contributed by atoms with Gasteiger partial charge in [-0.3, -0.25) is 14.6 Å². The number of hydrogen-bond donors (Lipinski definition) is 2. The molecular formula is C18H17Cl2N3O3. The molecule has 0 saturated heterocycles. The lowest BCUT2D eigenvalue weighted by molar-refractivity contribution is -0.123. The van der Waals surface area contributed by atoms with Crippen molar-refractivity contribution in [2.24, 2.45) is 0 Å². The molecule has 6 nitrogen and oxygen atoms in total. The molecule has 8 heteroatoms. The summed E-state index contributed by atoms with van der Waals surface area (Å²) in [6, 6.07) is 9.79. The molecule has 2 rings (SSSR count). The Morgan fingerprint density at radius 2 is 1.96 bits per heavy atom. The molecule has 0 unspecified atom stereocenters. The van der Waals surface area contributed by atoms with Crippen LogP contribution in [0.4, 0.5) is 0 Å². The van der Waals surface area contributed by atoms with Crippen molar-refractivity contribution in [3.8, 4) is 5.75 Å². The standard InChI is InChI=1S/C18H17Cl2N3O3/c1-12(23-18(25)16-4-2-3-8-21-16)7-9-22-17(24)11-26-13-5-6-14(19)15(20)10-13/h2-6,8,10H,1,7,9,11H2,(H,22,24)(H,23,25). The first-order valence-electron chi connectivity index (χ1n) is 7.70. The predicted octanol–water partition coefficient (Wildman–Crippen LogP) is 3.22. The van der Waals surface area contributed by atoms with Gasteiger partial charge in [0.1, 0.15) is 11.4 Å². The molecule has 0 fully saturated rings. The zero-order valence-corrected chi connectivity index (χ0v) is 15.3. The Balaban J connectivity index is 1.66. The van der Waals surface area contributed by atoms with Gasteiger partial charge in [-0.2, -0.15) is 0 Å². The number of benzene rings is 1. The SMILES string of the molecule is C=C(CCNC(=O)COc1ccc(Cl)c(Cl)c1)NC(=O)c1ccccn1. The van der Waals surface area contributed by atoms with Crippen LogP contribution in [0.25, 0.3) is 0 Å². The summed E-state index contributed by atoms with van der Waals surface area (Å²) in [5.41, 5.74) is 0.777. The van der Waals surface area contributed by atoms with E-state index in [1.165, 1.54) is 12.3 Å². The molecule has 0 aliphatic carbocycles. The number of carbonyl (C=O) groups is 2. The summed E-state index contributed by atoms with van der Waals surface area (Å²) in [6.07, 6.45) is 1.92. The molecule has 2 amide bonds. The first-order valence-corrected chi connectivity index (χ1v) is 8.46. The fraction of sp³-hybridized carbons (Fsp3) is 0.167. The van der Waals surface area contributed by atoms with Gasteiger partial charge in [-0.1, -0.05) is 35.8 Å². The highest BCUT2D eigenvalue weighted by atomic mass is 35.5. The molecule has 0 bridgehead atoms. The van der Waals surface area contributed by atoms with Gasteiger partial charge in [0.2, 0.25) is 0 Å². The van der Waals surface area contributed by atoms with Gasteiger partial charge in [0.05, 0.1) is 10.0 Å². The van der Waals surface area contributed by atoms with Crippen molar-refractivity contribution in [1.82, 2.24) is 15.6 Å². The van der Waals surface area contributed by atoms with Gasteiger partial charge in [0, 0.05) is 30.9 Å². The summed E-state index contributed by atoms with van der Waals surface area (Å²) < 4.78 is 5.33. The molecule has 136 valence electrons. The zero-order valence-electron chi connectivity index (χ0n) is 13.8. The third-order valence-corrected chi connectivity index (χ3v) is 3.94. The van der Waals surface area contributed by atoms with Crippen molar-refractivity contribution in [3.63, 3.8) is 0 Å². The van der Waals surface area contributed by atoms with Crippen LogP contribution in [0.1, 0.15) is 16.9 Å². The Morgan fingerprint density at radius 3 is 2.65 bits per heavy atom. The highest BCUT2D eigenvalue weighted by molar-refractivity contribution is 6.42. The van der Waals surface area contributed by atoms with E-state index in [4.69, 9.17) is 27.9 Å². The molecule has 1 aromatic carbocycles. The molecule has 0 aliphatic rings. The second kappa shape index (κ2) is 9.79. The molecule has 2 N–H and O–H groups in total. The van der Waals surface area contributed by atoms with Crippen LogP contribution in [0.2, 0.25) is 10.0 Å². The van der Waals surface area contributed by atoms with Crippen LogP contribution in [0, 0.1) is 0 Å². The van der Waals surface area contributed by atoms with E-state index in [-0.39, 0.29) is 18.4 Å². The number of amides is 2. The van der Waals surface area contributed by atoms with Crippen molar-refractivity contribution in [3.05, 3.63) is 70.6 Å².